The minimum absolute atomic E-state index is 0.590. The molecule has 1 aromatic heterocycles. The van der Waals surface area contributed by atoms with Crippen LogP contribution in [0.3, 0.4) is 0 Å². The van der Waals surface area contributed by atoms with Crippen LogP contribution in [0.4, 0.5) is 0 Å². The fraction of sp³-hybridized carbons (Fsp3) is 0.583. The molecule has 2 saturated heterocycles. The second kappa shape index (κ2) is 3.76. The highest BCUT2D eigenvalue weighted by molar-refractivity contribution is 6.29. The Morgan fingerprint density at radius 1 is 1.20 bits per heavy atom. The van der Waals surface area contributed by atoms with E-state index in [-0.39, 0.29) is 0 Å². The van der Waals surface area contributed by atoms with E-state index in [9.17, 15) is 0 Å². The molecule has 3 rings (SSSR count). The van der Waals surface area contributed by atoms with Gasteiger partial charge in [0, 0.05) is 24.2 Å². The molecule has 0 aromatic carbocycles. The number of aromatic nitrogens is 1. The molecule has 0 unspecified atom stereocenters. The van der Waals surface area contributed by atoms with Gasteiger partial charge < -0.3 is 5.32 Å². The van der Waals surface area contributed by atoms with Gasteiger partial charge in [-0.2, -0.15) is 0 Å². The largest absolute Gasteiger partial charge is 0.311 e. The van der Waals surface area contributed by atoms with Crippen LogP contribution in [-0.2, 0) is 0 Å². The number of fused-ring (bicyclic) bond motifs is 2. The molecule has 80 valence electrons. The highest BCUT2D eigenvalue weighted by Gasteiger charge is 2.35. The van der Waals surface area contributed by atoms with Crippen LogP contribution in [0.15, 0.2) is 18.3 Å². The van der Waals surface area contributed by atoms with Crippen molar-refractivity contribution >= 4 is 11.6 Å². The SMILES string of the molecule is Clc1ccc([C@H]2CC[C@H]3CC[C@H]2N3)cn1. The summed E-state index contributed by atoms with van der Waals surface area (Å²) < 4.78 is 0. The van der Waals surface area contributed by atoms with Gasteiger partial charge in [0.15, 0.2) is 0 Å². The van der Waals surface area contributed by atoms with Gasteiger partial charge in [0.25, 0.3) is 0 Å². The minimum atomic E-state index is 0.590. The Hall–Kier alpha value is -0.600. The third kappa shape index (κ3) is 1.77. The van der Waals surface area contributed by atoms with Gasteiger partial charge >= 0.3 is 0 Å². The Labute approximate surface area is 95.0 Å². The predicted molar refractivity (Wildman–Crippen MR) is 61.2 cm³/mol. The number of hydrogen-bond acceptors (Lipinski definition) is 2. The van der Waals surface area contributed by atoms with E-state index in [1.807, 2.05) is 12.3 Å². The molecule has 3 atom stereocenters. The van der Waals surface area contributed by atoms with Gasteiger partial charge in [-0.15, -0.1) is 0 Å². The Balaban J connectivity index is 1.84. The van der Waals surface area contributed by atoms with Crippen molar-refractivity contribution < 1.29 is 0 Å². The monoisotopic (exact) mass is 222 g/mol. The first-order chi connectivity index (χ1) is 7.33. The van der Waals surface area contributed by atoms with Gasteiger partial charge in [-0.3, -0.25) is 0 Å². The molecule has 0 saturated carbocycles. The van der Waals surface area contributed by atoms with Gasteiger partial charge in [-0.25, -0.2) is 4.98 Å². The van der Waals surface area contributed by atoms with Crippen molar-refractivity contribution in [3.05, 3.63) is 29.0 Å². The summed E-state index contributed by atoms with van der Waals surface area (Å²) in [6, 6.07) is 5.48. The predicted octanol–water partition coefficient (Wildman–Crippen LogP) is 2.73. The summed E-state index contributed by atoms with van der Waals surface area (Å²) in [5, 5.41) is 4.28. The maximum Gasteiger partial charge on any atom is 0.129 e. The summed E-state index contributed by atoms with van der Waals surface area (Å²) in [4.78, 5) is 4.17. The van der Waals surface area contributed by atoms with Crippen molar-refractivity contribution in [1.82, 2.24) is 10.3 Å². The number of nitrogens with one attached hydrogen (secondary N) is 1. The van der Waals surface area contributed by atoms with E-state index in [4.69, 9.17) is 11.6 Å². The zero-order valence-electron chi connectivity index (χ0n) is 8.62. The topological polar surface area (TPSA) is 24.9 Å². The average Bonchev–Trinajstić information content (AvgIpc) is 2.63. The lowest BCUT2D eigenvalue weighted by Crippen LogP contribution is -2.39. The van der Waals surface area contributed by atoms with Gasteiger partial charge in [-0.1, -0.05) is 17.7 Å². The quantitative estimate of drug-likeness (QED) is 0.740. The summed E-state index contributed by atoms with van der Waals surface area (Å²) in [5.74, 6) is 0.647. The molecule has 3 heterocycles. The molecule has 3 heteroatoms. The molecule has 2 aliphatic rings. The Morgan fingerprint density at radius 3 is 2.87 bits per heavy atom. The van der Waals surface area contributed by atoms with Crippen LogP contribution in [-0.4, -0.2) is 17.1 Å². The highest BCUT2D eigenvalue weighted by Crippen LogP contribution is 2.37. The van der Waals surface area contributed by atoms with Gasteiger partial charge in [0.05, 0.1) is 0 Å². The van der Waals surface area contributed by atoms with Crippen molar-refractivity contribution in [3.63, 3.8) is 0 Å². The van der Waals surface area contributed by atoms with Gasteiger partial charge in [-0.05, 0) is 37.3 Å². The normalized spacial score (nSPS) is 34.3. The van der Waals surface area contributed by atoms with Gasteiger partial charge in [0.1, 0.15) is 5.15 Å². The average molecular weight is 223 g/mol. The van der Waals surface area contributed by atoms with E-state index in [1.165, 1.54) is 31.2 Å². The molecule has 2 fully saturated rings. The molecule has 0 radical (unpaired) electrons. The first-order valence-electron chi connectivity index (χ1n) is 5.70. The summed E-state index contributed by atoms with van der Waals surface area (Å²) in [7, 11) is 0. The molecular weight excluding hydrogens is 208 g/mol. The molecule has 0 spiro atoms. The van der Waals surface area contributed by atoms with E-state index in [0.717, 1.165) is 6.04 Å². The molecule has 2 nitrogen and oxygen atoms in total. The maximum atomic E-state index is 5.80. The maximum absolute atomic E-state index is 5.80. The van der Waals surface area contributed by atoms with Crippen molar-refractivity contribution in [3.8, 4) is 0 Å². The lowest BCUT2D eigenvalue weighted by molar-refractivity contribution is 0.358. The van der Waals surface area contributed by atoms with E-state index >= 15 is 0 Å². The minimum Gasteiger partial charge on any atom is -0.311 e. The molecule has 0 amide bonds. The number of pyridine rings is 1. The zero-order chi connectivity index (χ0) is 10.3. The lowest BCUT2D eigenvalue weighted by atomic mass is 9.86. The fourth-order valence-electron chi connectivity index (χ4n) is 2.98. The van der Waals surface area contributed by atoms with Gasteiger partial charge in [0.2, 0.25) is 0 Å². The van der Waals surface area contributed by atoms with E-state index in [0.29, 0.717) is 17.1 Å². The smallest absolute Gasteiger partial charge is 0.129 e. The zero-order valence-corrected chi connectivity index (χ0v) is 9.37. The summed E-state index contributed by atoms with van der Waals surface area (Å²) >= 11 is 5.80. The lowest BCUT2D eigenvalue weighted by Gasteiger charge is -2.30. The molecule has 15 heavy (non-hydrogen) atoms. The molecule has 2 aliphatic heterocycles. The van der Waals surface area contributed by atoms with Crippen molar-refractivity contribution in [2.75, 3.05) is 0 Å². The third-order valence-electron chi connectivity index (χ3n) is 3.77. The molecule has 1 aromatic rings. The third-order valence-corrected chi connectivity index (χ3v) is 3.99. The van der Waals surface area contributed by atoms with Crippen LogP contribution in [0.2, 0.25) is 5.15 Å². The number of halogens is 1. The number of nitrogens with zero attached hydrogens (tertiary/aromatic N) is 1. The van der Waals surface area contributed by atoms with Crippen LogP contribution >= 0.6 is 11.6 Å². The van der Waals surface area contributed by atoms with Crippen LogP contribution in [0, 0.1) is 0 Å². The number of rotatable bonds is 1. The Morgan fingerprint density at radius 2 is 2.07 bits per heavy atom. The van der Waals surface area contributed by atoms with E-state index in [1.54, 1.807) is 0 Å². The molecular formula is C12H15ClN2. The Bertz CT molecular complexity index is 349. The number of hydrogen-bond donors (Lipinski definition) is 1. The molecule has 2 bridgehead atoms. The first-order valence-corrected chi connectivity index (χ1v) is 6.08. The van der Waals surface area contributed by atoms with Crippen LogP contribution < -0.4 is 5.32 Å². The molecule has 1 N–H and O–H groups in total. The Kier molecular flexibility index (Phi) is 2.41. The van der Waals surface area contributed by atoms with Crippen molar-refractivity contribution in [2.24, 2.45) is 0 Å². The summed E-state index contributed by atoms with van der Waals surface area (Å²) in [6.07, 6.45) is 7.21. The number of piperidine rings is 1. The van der Waals surface area contributed by atoms with E-state index < -0.39 is 0 Å². The highest BCUT2D eigenvalue weighted by atomic mass is 35.5. The van der Waals surface area contributed by atoms with E-state index in [2.05, 4.69) is 16.4 Å². The second-order valence-corrected chi connectivity index (χ2v) is 5.03. The summed E-state index contributed by atoms with van der Waals surface area (Å²) in [6.45, 7) is 0. The molecule has 0 aliphatic carbocycles. The van der Waals surface area contributed by atoms with Crippen molar-refractivity contribution in [1.29, 1.82) is 0 Å². The fourth-order valence-corrected chi connectivity index (χ4v) is 3.09. The van der Waals surface area contributed by atoms with Crippen molar-refractivity contribution in [2.45, 2.75) is 43.7 Å². The van der Waals surface area contributed by atoms with Crippen LogP contribution in [0.5, 0.6) is 0 Å². The first kappa shape index (κ1) is 9.61. The van der Waals surface area contributed by atoms with Crippen LogP contribution in [0.25, 0.3) is 0 Å². The van der Waals surface area contributed by atoms with Crippen LogP contribution in [0.1, 0.15) is 37.2 Å². The summed E-state index contributed by atoms with van der Waals surface area (Å²) in [5.41, 5.74) is 1.34. The standard InChI is InChI=1S/C12H15ClN2/c13-12-6-1-8(7-14-12)10-4-2-9-3-5-11(10)15-9/h1,6-7,9-11,15H,2-5H2/t9-,10+,11+/m0/s1. The second-order valence-electron chi connectivity index (χ2n) is 4.65.